The molecule has 0 saturated carbocycles. The van der Waals surface area contributed by atoms with E-state index in [0.717, 1.165) is 0 Å². The molecular weight excluding hydrogens is 400 g/mol. The number of alkyl halides is 1. The van der Waals surface area contributed by atoms with Gasteiger partial charge < -0.3 is 10.2 Å². The predicted molar refractivity (Wildman–Crippen MR) is 116 cm³/mol. The van der Waals surface area contributed by atoms with Crippen LogP contribution in [0.5, 0.6) is 0 Å². The Hall–Kier alpha value is -1.86. The normalized spacial score (nSPS) is 14.4. The zero-order valence-electron chi connectivity index (χ0n) is 16.3. The highest BCUT2D eigenvalue weighted by atomic mass is 32.2. The topological polar surface area (TPSA) is 72.9 Å². The average molecular weight is 425 g/mol. The van der Waals surface area contributed by atoms with Crippen molar-refractivity contribution in [3.05, 3.63) is 53.6 Å². The summed E-state index contributed by atoms with van der Waals surface area (Å²) in [5.74, 6) is -0.157. The molecule has 2 aromatic carbocycles. The summed E-state index contributed by atoms with van der Waals surface area (Å²) in [6.45, 7) is 3.42. The molecule has 0 bridgehead atoms. The quantitative estimate of drug-likeness (QED) is 0.523. The fourth-order valence-corrected chi connectivity index (χ4v) is 3.55. The zero-order chi connectivity index (χ0) is 21.1. The lowest BCUT2D eigenvalue weighted by Crippen LogP contribution is -2.27. The fourth-order valence-electron chi connectivity index (χ4n) is 2.70. The Morgan fingerprint density at radius 1 is 1.29 bits per heavy atom. The molecule has 0 aliphatic heterocycles. The highest BCUT2D eigenvalue weighted by Gasteiger charge is 2.23. The van der Waals surface area contributed by atoms with E-state index in [1.54, 1.807) is 62.3 Å². The van der Waals surface area contributed by atoms with Gasteiger partial charge in [0.1, 0.15) is 5.41 Å². The lowest BCUT2D eigenvalue weighted by atomic mass is 10.1. The van der Waals surface area contributed by atoms with Gasteiger partial charge in [-0.25, -0.2) is 12.9 Å². The van der Waals surface area contributed by atoms with Crippen LogP contribution in [0.25, 0.3) is 0 Å². The van der Waals surface area contributed by atoms with Crippen LogP contribution in [0, 0.1) is 6.92 Å². The second-order valence-electron chi connectivity index (χ2n) is 6.94. The lowest BCUT2D eigenvalue weighted by molar-refractivity contribution is -0.116. The maximum atomic E-state index is 14.3. The van der Waals surface area contributed by atoms with Gasteiger partial charge in [0.15, 0.2) is 0 Å². The number of nitrogens with one attached hydrogen (secondary N) is 1. The van der Waals surface area contributed by atoms with E-state index in [2.05, 4.69) is 14.6 Å². The van der Waals surface area contributed by atoms with E-state index in [1.807, 2.05) is 0 Å². The average Bonchev–Trinajstić information content (AvgIpc) is 2.55. The van der Waals surface area contributed by atoms with Crippen LogP contribution in [0.4, 0.5) is 21.5 Å². The molecule has 0 heterocycles. The second kappa shape index (κ2) is 9.09. The number of aryl methyl sites for hydroxylation is 1. The fraction of sp³-hybridized carbons (Fsp3) is 0.316. The Balaban J connectivity index is 2.37. The minimum Gasteiger partial charge on any atom is -0.325 e. The first-order valence-electron chi connectivity index (χ1n) is 8.53. The summed E-state index contributed by atoms with van der Waals surface area (Å²) in [4.78, 5) is 13.7. The third-order valence-electron chi connectivity index (χ3n) is 3.96. The van der Waals surface area contributed by atoms with Gasteiger partial charge in [0.05, 0.1) is 17.9 Å². The van der Waals surface area contributed by atoms with Crippen LogP contribution in [-0.4, -0.2) is 40.2 Å². The van der Waals surface area contributed by atoms with Gasteiger partial charge in [0, 0.05) is 5.69 Å². The standard InChI is InChI=1S/C19H25FN3O3PS/c1-13-10-15(21-18(24)12-22(3)4)8-9-17(13)23(28(25)26)16-7-5-6-14(11-16)19(2,20)27/h5-11H,12,27H2,1-4H3,(H,21,24)(H,25,26). The molecule has 0 spiro atoms. The van der Waals surface area contributed by atoms with Crippen LogP contribution < -0.4 is 9.62 Å². The molecule has 3 atom stereocenters. The number of hydrogen-bond acceptors (Lipinski definition) is 3. The van der Waals surface area contributed by atoms with Gasteiger partial charge in [0.25, 0.3) is 11.3 Å². The molecule has 0 radical (unpaired) electrons. The molecule has 2 N–H and O–H groups in total. The molecule has 0 fully saturated rings. The minimum atomic E-state index is -2.37. The summed E-state index contributed by atoms with van der Waals surface area (Å²) in [6, 6.07) is 11.5. The van der Waals surface area contributed by atoms with Gasteiger partial charge in [-0.15, -0.1) is 0 Å². The number of benzene rings is 2. The van der Waals surface area contributed by atoms with E-state index in [4.69, 9.17) is 0 Å². The lowest BCUT2D eigenvalue weighted by Gasteiger charge is -2.24. The maximum absolute atomic E-state index is 14.3. The molecule has 0 saturated heterocycles. The molecule has 6 nitrogen and oxygen atoms in total. The van der Waals surface area contributed by atoms with Crippen molar-refractivity contribution >= 4 is 43.5 Å². The first kappa shape index (κ1) is 22.4. The first-order valence-corrected chi connectivity index (χ1v) is 10.2. The number of carbonyl (C=O) groups excluding carboxylic acids is 1. The number of rotatable bonds is 7. The molecule has 1 amide bonds. The van der Waals surface area contributed by atoms with Crippen LogP contribution in [-0.2, 0) is 21.5 Å². The van der Waals surface area contributed by atoms with Gasteiger partial charge in [-0.2, -0.15) is 0 Å². The van der Waals surface area contributed by atoms with E-state index in [-0.39, 0.29) is 12.5 Å². The number of halogens is 1. The van der Waals surface area contributed by atoms with Crippen molar-refractivity contribution in [2.24, 2.45) is 0 Å². The summed E-state index contributed by atoms with van der Waals surface area (Å²) in [5, 5.41) is 1.13. The summed E-state index contributed by atoms with van der Waals surface area (Å²) in [5.41, 5.74) is 2.51. The monoisotopic (exact) mass is 425 g/mol. The predicted octanol–water partition coefficient (Wildman–Crippen LogP) is 3.79. The van der Waals surface area contributed by atoms with Crippen LogP contribution in [0.3, 0.4) is 0 Å². The van der Waals surface area contributed by atoms with E-state index in [9.17, 15) is 17.9 Å². The van der Waals surface area contributed by atoms with E-state index in [0.29, 0.717) is 28.2 Å². The number of carbonyl (C=O) groups is 1. The smallest absolute Gasteiger partial charge is 0.266 e. The summed E-state index contributed by atoms with van der Waals surface area (Å²) in [7, 11) is 5.71. The van der Waals surface area contributed by atoms with Crippen molar-refractivity contribution in [3.8, 4) is 0 Å². The minimum absolute atomic E-state index is 0.157. The largest absolute Gasteiger partial charge is 0.325 e. The Kier molecular flexibility index (Phi) is 7.28. The maximum Gasteiger partial charge on any atom is 0.266 e. The van der Waals surface area contributed by atoms with Gasteiger partial charge in [-0.1, -0.05) is 21.4 Å². The molecule has 152 valence electrons. The Labute approximate surface area is 169 Å². The number of hydrogen-bond donors (Lipinski definition) is 2. The summed E-state index contributed by atoms with van der Waals surface area (Å²) in [6.07, 6.45) is 0. The van der Waals surface area contributed by atoms with Crippen LogP contribution in [0.1, 0.15) is 18.1 Å². The Bertz CT molecular complexity index is 887. The number of amides is 1. The summed E-state index contributed by atoms with van der Waals surface area (Å²) < 4.78 is 37.4. The first-order chi connectivity index (χ1) is 13.0. The third kappa shape index (κ3) is 5.82. The van der Waals surface area contributed by atoms with Crippen molar-refractivity contribution < 1.29 is 17.9 Å². The second-order valence-corrected chi connectivity index (χ2v) is 8.85. The Morgan fingerprint density at radius 2 is 1.96 bits per heavy atom. The molecule has 2 rings (SSSR count). The molecule has 0 aliphatic carbocycles. The number of likely N-dealkylation sites (N-methyl/N-ethyl adjacent to an activating group) is 1. The van der Waals surface area contributed by atoms with Crippen molar-refractivity contribution in [3.63, 3.8) is 0 Å². The zero-order valence-corrected chi connectivity index (χ0v) is 18.2. The van der Waals surface area contributed by atoms with E-state index < -0.39 is 16.7 Å². The van der Waals surface area contributed by atoms with Crippen LogP contribution >= 0.6 is 9.24 Å². The van der Waals surface area contributed by atoms with Gasteiger partial charge >= 0.3 is 0 Å². The molecule has 28 heavy (non-hydrogen) atoms. The SMILES string of the molecule is Cc1cc(NC(=O)CN(C)C)ccc1N(c1cccc(C(C)(F)P)c1)S(=O)O. The highest BCUT2D eigenvalue weighted by molar-refractivity contribution is 7.81. The van der Waals surface area contributed by atoms with Gasteiger partial charge in [0.2, 0.25) is 5.91 Å². The van der Waals surface area contributed by atoms with E-state index in [1.165, 1.54) is 17.3 Å². The van der Waals surface area contributed by atoms with Gasteiger partial charge in [-0.05, 0) is 69.4 Å². The highest BCUT2D eigenvalue weighted by Crippen LogP contribution is 2.37. The molecule has 0 aromatic heterocycles. The van der Waals surface area contributed by atoms with Crippen molar-refractivity contribution in [1.29, 1.82) is 0 Å². The third-order valence-corrected chi connectivity index (χ3v) is 5.01. The molecule has 0 aliphatic rings. The van der Waals surface area contributed by atoms with Crippen molar-refractivity contribution in [1.82, 2.24) is 4.90 Å². The number of nitrogens with zero attached hydrogens (tertiary/aromatic N) is 2. The van der Waals surface area contributed by atoms with Gasteiger partial charge in [-0.3, -0.25) is 9.35 Å². The molecule has 3 unspecified atom stereocenters. The van der Waals surface area contributed by atoms with Crippen LogP contribution in [0.15, 0.2) is 42.5 Å². The molecular formula is C19H25FN3O3PS. The van der Waals surface area contributed by atoms with Crippen LogP contribution in [0.2, 0.25) is 0 Å². The number of anilines is 3. The Morgan fingerprint density at radius 3 is 2.50 bits per heavy atom. The van der Waals surface area contributed by atoms with Crippen molar-refractivity contribution in [2.45, 2.75) is 19.3 Å². The van der Waals surface area contributed by atoms with E-state index >= 15 is 0 Å². The van der Waals surface area contributed by atoms with Crippen molar-refractivity contribution in [2.75, 3.05) is 30.3 Å². The molecule has 2 aromatic rings. The summed E-state index contributed by atoms with van der Waals surface area (Å²) >= 11 is -2.37. The molecule has 9 heteroatoms.